The second-order valence-electron chi connectivity index (χ2n) is 12.9. The molecule has 1 unspecified atom stereocenters. The third-order valence-electron chi connectivity index (χ3n) is 6.85. The molecule has 30 nitrogen and oxygen atoms in total. The van der Waals surface area contributed by atoms with E-state index in [9.17, 15) is 38.4 Å². The van der Waals surface area contributed by atoms with Crippen LogP contribution in [0.4, 0.5) is 0 Å². The van der Waals surface area contributed by atoms with Crippen LogP contribution < -0.4 is 75.5 Å². The van der Waals surface area contributed by atoms with E-state index in [2.05, 4.69) is 103 Å². The van der Waals surface area contributed by atoms with Crippen LogP contribution in [0.2, 0.25) is 0 Å². The Bertz CT molecular complexity index is 1420. The molecule has 0 saturated carbocycles. The average molecular weight is 1070 g/mol. The molecule has 1 atom stereocenters. The van der Waals surface area contributed by atoms with Gasteiger partial charge >= 0.3 is 133 Å². The number of hydrogen-bond donors (Lipinski definition) is 14. The summed E-state index contributed by atoms with van der Waals surface area (Å²) >= 11 is 0. The summed E-state index contributed by atoms with van der Waals surface area (Å²) in [7, 11) is 8.55. The van der Waals surface area contributed by atoms with Gasteiger partial charge in [-0.25, -0.2) is 9.59 Å². The third kappa shape index (κ3) is 75.8. The summed E-state index contributed by atoms with van der Waals surface area (Å²) in [6.07, 6.45) is 4.96. The Morgan fingerprint density at radius 1 is 0.479 bits per heavy atom. The first-order valence-electron chi connectivity index (χ1n) is 22.1. The summed E-state index contributed by atoms with van der Waals surface area (Å²) in [5.41, 5.74) is 19.9. The van der Waals surface area contributed by atoms with E-state index in [0.29, 0.717) is 84.9 Å². The number of carbonyl (C=O) groups is 8. The Balaban J connectivity index is -0.000000283. The van der Waals surface area contributed by atoms with Crippen molar-refractivity contribution in [1.29, 1.82) is 0 Å². The van der Waals surface area contributed by atoms with E-state index in [-0.39, 0.29) is 76.1 Å². The molecular formula is C40H81B2N14O16S. The number of ether oxygens (including phenoxy) is 8. The average Bonchev–Trinajstić information content (AvgIpc) is 3.34. The molecule has 0 saturated heterocycles. The van der Waals surface area contributed by atoms with Crippen molar-refractivity contribution in [3.05, 3.63) is 37.5 Å². The molecule has 0 amide bonds. The molecule has 0 aromatic rings. The zero-order valence-electron chi connectivity index (χ0n) is 42.4. The second-order valence-corrected chi connectivity index (χ2v) is 14.3. The maximum atomic E-state index is 11.3. The van der Waals surface area contributed by atoms with Gasteiger partial charge in [-0.1, -0.05) is 19.7 Å². The molecular weight excluding hydrogens is 986 g/mol. The van der Waals surface area contributed by atoms with E-state index >= 15 is 0 Å². The molecule has 0 rings (SSSR count). The van der Waals surface area contributed by atoms with E-state index in [4.69, 9.17) is 45.0 Å². The maximum absolute atomic E-state index is 11.3. The van der Waals surface area contributed by atoms with Crippen LogP contribution in [-0.2, 0) is 76.3 Å². The van der Waals surface area contributed by atoms with Crippen molar-refractivity contribution in [2.75, 3.05) is 133 Å². The van der Waals surface area contributed by atoms with Crippen molar-refractivity contribution < 1.29 is 76.3 Å². The zero-order valence-corrected chi connectivity index (χ0v) is 43.3. The van der Waals surface area contributed by atoms with Gasteiger partial charge in [-0.05, 0) is 19.7 Å². The van der Waals surface area contributed by atoms with E-state index in [1.54, 1.807) is 14.1 Å². The monoisotopic (exact) mass is 1070 g/mol. The summed E-state index contributed by atoms with van der Waals surface area (Å²) in [4.78, 5) is 87.8. The number of rotatable bonds is 40. The predicted molar refractivity (Wildman–Crippen MR) is 274 cm³/mol. The van der Waals surface area contributed by atoms with Crippen LogP contribution in [0.5, 0.6) is 0 Å². The van der Waals surface area contributed by atoms with E-state index in [1.807, 2.05) is 6.26 Å². The first-order chi connectivity index (χ1) is 34.9. The molecule has 0 bridgehead atoms. The van der Waals surface area contributed by atoms with Crippen molar-refractivity contribution in [1.82, 2.24) is 52.6 Å². The molecule has 0 aromatic carbocycles. The number of esters is 8. The zero-order chi connectivity index (χ0) is 56.2. The normalized spacial score (nSPS) is 10.1. The quantitative estimate of drug-likeness (QED) is 0.00678. The van der Waals surface area contributed by atoms with Crippen molar-refractivity contribution in [2.24, 2.45) is 22.9 Å². The van der Waals surface area contributed by atoms with Crippen molar-refractivity contribution in [3.63, 3.8) is 0 Å². The van der Waals surface area contributed by atoms with E-state index in [1.165, 1.54) is 0 Å². The summed E-state index contributed by atoms with van der Waals surface area (Å²) in [5, 5.41) is 25.9. The first-order valence-corrected chi connectivity index (χ1v) is 23.8. The molecule has 0 heterocycles. The summed E-state index contributed by atoms with van der Waals surface area (Å²) < 4.78 is 39.9. The number of nitrogens with one attached hydrogen (secondary N) is 10. The van der Waals surface area contributed by atoms with Crippen LogP contribution in [0.15, 0.2) is 37.5 Å². The molecule has 18 N–H and O–H groups in total. The first kappa shape index (κ1) is 76.7. The fourth-order valence-corrected chi connectivity index (χ4v) is 3.80. The molecule has 0 aromatic heterocycles. The molecule has 0 fully saturated rings. The van der Waals surface area contributed by atoms with Gasteiger partial charge in [-0.15, -0.1) is 0 Å². The van der Waals surface area contributed by atoms with Gasteiger partial charge in [0.2, 0.25) is 20.4 Å². The van der Waals surface area contributed by atoms with Crippen molar-refractivity contribution in [3.8, 4) is 0 Å². The van der Waals surface area contributed by atoms with Crippen LogP contribution in [0.3, 0.4) is 0 Å². The fourth-order valence-electron chi connectivity index (χ4n) is 3.47. The molecule has 0 aliphatic rings. The predicted octanol–water partition coefficient (Wildman–Crippen LogP) is -5.95. The summed E-state index contributed by atoms with van der Waals surface area (Å²) in [6.45, 7) is 19.6. The molecule has 0 aliphatic heterocycles. The van der Waals surface area contributed by atoms with Gasteiger partial charge in [0, 0.05) is 78.2 Å². The fraction of sp³-hybridized carbons (Fsp3) is 0.650. The molecule has 0 spiro atoms. The molecule has 73 heavy (non-hydrogen) atoms. The van der Waals surface area contributed by atoms with Gasteiger partial charge in [-0.2, -0.15) is 0 Å². The Morgan fingerprint density at radius 3 is 0.986 bits per heavy atom. The van der Waals surface area contributed by atoms with E-state index in [0.717, 1.165) is 12.2 Å². The van der Waals surface area contributed by atoms with Crippen molar-refractivity contribution in [2.45, 2.75) is 38.5 Å². The van der Waals surface area contributed by atoms with Crippen LogP contribution in [0.25, 0.3) is 0 Å². The van der Waals surface area contributed by atoms with Gasteiger partial charge in [0.05, 0.1) is 32.4 Å². The molecule has 33 heteroatoms. The summed E-state index contributed by atoms with van der Waals surface area (Å²) in [6, 6.07) is 0. The van der Waals surface area contributed by atoms with Gasteiger partial charge in [0.1, 0.15) is 7.85 Å². The third-order valence-corrected chi connectivity index (χ3v) is 7.45. The Hall–Kier alpha value is -5.26. The SMILES string of the molecule is C=CC(=O)OCOC(=O)C=C.CNCNCCC(=O)OCOC(=O)CCNCNC.NCN.NCNCCC(=O)OCOC(=O)CCNCN.[B]C(=C)NCNCCC(=O)OCOC(=O)CCNCNS(=[B])C. The number of hydrogen-bond acceptors (Lipinski definition) is 30. The second kappa shape index (κ2) is 62.9. The van der Waals surface area contributed by atoms with Gasteiger partial charge in [0.25, 0.3) is 0 Å². The van der Waals surface area contributed by atoms with Crippen LogP contribution in [0, 0.1) is 0 Å². The Morgan fingerprint density at radius 2 is 0.740 bits per heavy atom. The number of carbonyl (C=O) groups excluding carboxylic acids is 8. The molecule has 0 aliphatic carbocycles. The van der Waals surface area contributed by atoms with E-state index < -0.39 is 54.5 Å². The molecule has 3 radical (unpaired) electrons. The van der Waals surface area contributed by atoms with Gasteiger partial charge < -0.3 is 88.6 Å². The standard InChI is InChI=1S/C12H23B2N4O4S.C11H24N4O4.C9H20N4O4.C7H8O4.CH6N2/c1-10(13)17-7-15-5-3-11(19)21-9-22-12(20)4-6-16-8-18-23(2)14;1-12-7-14-5-3-10(16)18-9-19-11(17)4-6-15-8-13-2;10-5-12-3-1-8(14)16-7-17-9(15)2-4-13-6-11;1-3-6(8)10-5-11-7(9)4-2;2-1-3/h15-18H,1,3-9H2,2H3;12-15H,3-9H2,1-2H3;12-13H,1-7,10-11H2;3-4H,1-2,5H2;1-3H2. The number of nitrogens with two attached hydrogens (primary N) is 4. The van der Waals surface area contributed by atoms with Crippen LogP contribution in [-0.4, -0.2) is 196 Å². The van der Waals surface area contributed by atoms with Crippen LogP contribution in [0.1, 0.15) is 38.5 Å². The Labute approximate surface area is 433 Å². The summed E-state index contributed by atoms with van der Waals surface area (Å²) in [5.74, 6) is -3.87. The van der Waals surface area contributed by atoms with Crippen LogP contribution >= 0.6 is 10.5 Å². The van der Waals surface area contributed by atoms with Crippen molar-refractivity contribution >= 4 is 72.8 Å². The van der Waals surface area contributed by atoms with Gasteiger partial charge in [-0.3, -0.25) is 24.5 Å². The topological polar surface area (TPSA) is 435 Å². The molecule has 419 valence electrons. The minimum atomic E-state index is -0.637. The van der Waals surface area contributed by atoms with Gasteiger partial charge in [0.15, 0.2) is 0 Å². The minimum absolute atomic E-state index is 0.154. The Kier molecular flexibility index (Phi) is 66.0.